The maximum Gasteiger partial charge on any atom is 0.136 e. The van der Waals surface area contributed by atoms with Crippen molar-refractivity contribution in [3.63, 3.8) is 0 Å². The zero-order chi connectivity index (χ0) is 45.7. The second-order valence-electron chi connectivity index (χ2n) is 13.7. The molecular weight excluding hydrogens is 679 g/mol. The van der Waals surface area contributed by atoms with Gasteiger partial charge in [0.25, 0.3) is 0 Å². The Balaban J connectivity index is 1.16. The van der Waals surface area contributed by atoms with Gasteiger partial charge < -0.3 is 9.32 Å². The topological polar surface area (TPSA) is 16.4 Å². The van der Waals surface area contributed by atoms with Crippen LogP contribution in [0.3, 0.4) is 0 Å². The Morgan fingerprint density at radius 3 is 1.96 bits per heavy atom. The Bertz CT molecular complexity index is 3800. The van der Waals surface area contributed by atoms with Gasteiger partial charge in [-0.05, 0) is 121 Å². The van der Waals surface area contributed by atoms with Crippen LogP contribution in [0.2, 0.25) is 0 Å². The molecule has 0 amide bonds. The number of anilines is 3. The Morgan fingerprint density at radius 1 is 0.393 bits per heavy atom. The molecule has 0 aliphatic carbocycles. The highest BCUT2D eigenvalue weighted by Gasteiger charge is 2.19. The molecule has 11 aromatic rings. The molecule has 0 saturated heterocycles. The summed E-state index contributed by atoms with van der Waals surface area (Å²) in [5, 5.41) is 4.77. The van der Waals surface area contributed by atoms with Crippen LogP contribution in [0, 0.1) is 0 Å². The molecule has 0 aliphatic heterocycles. The van der Waals surface area contributed by atoms with E-state index < -0.39 is 0 Å². The quantitative estimate of drug-likeness (QED) is 0.159. The van der Waals surface area contributed by atoms with Crippen LogP contribution in [-0.4, -0.2) is 0 Å². The minimum absolute atomic E-state index is 0.00483. The van der Waals surface area contributed by atoms with Crippen molar-refractivity contribution in [2.45, 2.75) is 0 Å². The van der Waals surface area contributed by atoms with Crippen molar-refractivity contribution in [1.29, 1.82) is 0 Å². The van der Waals surface area contributed by atoms with Crippen molar-refractivity contribution in [3.05, 3.63) is 212 Å². The van der Waals surface area contributed by atoms with Gasteiger partial charge in [0.2, 0.25) is 0 Å². The van der Waals surface area contributed by atoms with E-state index in [1.807, 2.05) is 133 Å². The highest BCUT2D eigenvalue weighted by molar-refractivity contribution is 6.19. The van der Waals surface area contributed by atoms with Gasteiger partial charge in [-0.2, -0.15) is 0 Å². The summed E-state index contributed by atoms with van der Waals surface area (Å²) in [7, 11) is 0. The van der Waals surface area contributed by atoms with E-state index in [9.17, 15) is 6.85 Å². The van der Waals surface area contributed by atoms with Crippen LogP contribution in [0.4, 0.5) is 17.1 Å². The average Bonchev–Trinajstić information content (AvgIpc) is 3.73. The van der Waals surface area contributed by atoms with Crippen molar-refractivity contribution >= 4 is 71.3 Å². The lowest BCUT2D eigenvalue weighted by Crippen LogP contribution is -2.11. The number of fused-ring (bicyclic) bond motifs is 8. The van der Waals surface area contributed by atoms with E-state index in [1.165, 1.54) is 6.07 Å². The van der Waals surface area contributed by atoms with Crippen LogP contribution in [0.25, 0.3) is 87.6 Å². The number of benzene rings is 10. The molecule has 10 aromatic carbocycles. The number of nitrogens with zero attached hydrogens (tertiary/aromatic N) is 1. The van der Waals surface area contributed by atoms with E-state index >= 15 is 0 Å². The molecule has 0 bridgehead atoms. The summed E-state index contributed by atoms with van der Waals surface area (Å²) in [6.07, 6.45) is 0. The first-order chi connectivity index (χ1) is 31.9. The van der Waals surface area contributed by atoms with Crippen molar-refractivity contribution in [2.75, 3.05) is 4.90 Å². The number of hydrogen-bond acceptors (Lipinski definition) is 2. The first-order valence-electron chi connectivity index (χ1n) is 23.4. The molecule has 56 heavy (non-hydrogen) atoms. The molecule has 0 saturated carbocycles. The molecule has 0 fully saturated rings. The predicted octanol–water partition coefficient (Wildman–Crippen LogP) is 15.5. The van der Waals surface area contributed by atoms with E-state index in [0.717, 1.165) is 27.1 Å². The Hall–Kier alpha value is -7.42. The summed E-state index contributed by atoms with van der Waals surface area (Å²) < 4.78 is 97.7. The van der Waals surface area contributed by atoms with Gasteiger partial charge in [-0.3, -0.25) is 0 Å². The van der Waals surface area contributed by atoms with E-state index in [0.29, 0.717) is 39.0 Å². The van der Waals surface area contributed by atoms with Crippen LogP contribution in [0.5, 0.6) is 0 Å². The van der Waals surface area contributed by atoms with E-state index in [1.54, 1.807) is 17.0 Å². The lowest BCUT2D eigenvalue weighted by molar-refractivity contribution is 0.669. The molecule has 11 rings (SSSR count). The molecule has 1 heterocycles. The molecule has 0 spiro atoms. The highest BCUT2D eigenvalue weighted by atomic mass is 16.3. The predicted molar refractivity (Wildman–Crippen MR) is 237 cm³/mol. The summed E-state index contributed by atoms with van der Waals surface area (Å²) in [6.45, 7) is 0. The van der Waals surface area contributed by atoms with Crippen LogP contribution in [-0.2, 0) is 0 Å². The summed E-state index contributed by atoms with van der Waals surface area (Å²) >= 11 is 0. The number of furan rings is 1. The Kier molecular flexibility index (Phi) is 5.49. The van der Waals surface area contributed by atoms with Crippen LogP contribution in [0.1, 0.15) is 13.7 Å². The maximum atomic E-state index is 9.75. The fourth-order valence-corrected chi connectivity index (χ4v) is 7.82. The monoisotopic (exact) mass is 723 g/mol. The molecule has 0 N–H and O–H groups in total. The van der Waals surface area contributed by atoms with Gasteiger partial charge in [-0.15, -0.1) is 0 Å². The minimum atomic E-state index is -0.313. The highest BCUT2D eigenvalue weighted by Crippen LogP contribution is 2.44. The number of hydrogen-bond donors (Lipinski definition) is 0. The van der Waals surface area contributed by atoms with Gasteiger partial charge >= 0.3 is 0 Å². The third-order valence-electron chi connectivity index (χ3n) is 10.4. The van der Waals surface area contributed by atoms with Crippen LogP contribution < -0.4 is 4.90 Å². The largest absolute Gasteiger partial charge is 0.456 e. The second kappa shape index (κ2) is 13.2. The smallest absolute Gasteiger partial charge is 0.136 e. The van der Waals surface area contributed by atoms with Gasteiger partial charge in [0.05, 0.1) is 19.4 Å². The maximum absolute atomic E-state index is 9.75. The number of rotatable bonds is 6. The Morgan fingerprint density at radius 2 is 1.12 bits per heavy atom. The van der Waals surface area contributed by atoms with Gasteiger partial charge in [-0.25, -0.2) is 0 Å². The lowest BCUT2D eigenvalue weighted by Gasteiger charge is -2.28. The van der Waals surface area contributed by atoms with Crippen LogP contribution >= 0.6 is 0 Å². The Labute approximate surface area is 339 Å². The van der Waals surface area contributed by atoms with Gasteiger partial charge in [0.15, 0.2) is 0 Å². The molecule has 1 aromatic heterocycles. The zero-order valence-electron chi connectivity index (χ0n) is 39.8. The third-order valence-corrected chi connectivity index (χ3v) is 10.4. The van der Waals surface area contributed by atoms with Gasteiger partial charge in [0.1, 0.15) is 11.2 Å². The summed E-state index contributed by atoms with van der Waals surface area (Å²) in [4.78, 5) is 1.76. The van der Waals surface area contributed by atoms with Crippen molar-refractivity contribution in [3.8, 4) is 33.4 Å². The summed E-state index contributed by atoms with van der Waals surface area (Å²) in [5.41, 5.74) is 4.66. The molecule has 2 heteroatoms. The zero-order valence-corrected chi connectivity index (χ0v) is 29.8. The molecular formula is C54H35NO. The van der Waals surface area contributed by atoms with Crippen molar-refractivity contribution in [1.82, 2.24) is 0 Å². The fourth-order valence-electron chi connectivity index (χ4n) is 7.82. The van der Waals surface area contributed by atoms with E-state index in [-0.39, 0.29) is 99.0 Å². The first-order valence-corrected chi connectivity index (χ1v) is 18.4. The first kappa shape index (κ1) is 23.4. The minimum Gasteiger partial charge on any atom is -0.456 e. The molecule has 0 unspecified atom stereocenters. The lowest BCUT2D eigenvalue weighted by atomic mass is 9.93. The van der Waals surface area contributed by atoms with Crippen molar-refractivity contribution in [2.24, 2.45) is 0 Å². The average molecular weight is 724 g/mol. The van der Waals surface area contributed by atoms with E-state index in [2.05, 4.69) is 0 Å². The molecule has 2 nitrogen and oxygen atoms in total. The fraction of sp³-hybridized carbons (Fsp3) is 0. The normalized spacial score (nSPS) is 14.1. The number of para-hydroxylation sites is 2. The van der Waals surface area contributed by atoms with Crippen LogP contribution in [0.15, 0.2) is 217 Å². The van der Waals surface area contributed by atoms with Crippen molar-refractivity contribution < 1.29 is 18.1 Å². The second-order valence-corrected chi connectivity index (χ2v) is 13.7. The molecule has 0 radical (unpaired) electrons. The van der Waals surface area contributed by atoms with E-state index in [4.69, 9.17) is 11.3 Å². The summed E-state index contributed by atoms with van der Waals surface area (Å²) in [6, 6.07) is 45.0. The SMILES string of the molecule is [2H]c1cc2oc3c([2H])c([2H])c4ccc(-c5ccc(N(c6ccccc6)c6c([2H])c([2H])c(-c7cc8ccccc8c8ccccc78)c([2H])c6[2H])c(-c6ccccc6)c5)c([2H])c4c3c2c([2H])c1[2H]. The third kappa shape index (κ3) is 5.34. The standard InChI is InChI=1S/C54H35NO/c1-3-13-36(14-4-1)49-33-40(39-24-23-38-28-32-53-54(50(38)34-39)47-21-11-12-22-52(47)56-53)27-31-51(49)55(42-16-5-2-6-17-42)43-29-25-37(26-30-43)48-35-41-15-7-8-18-44(41)45-19-9-10-20-46(45)48/h1-35H/i11D,12D,21D,25D,26D,28D,29D,30D,32D,34D. The van der Waals surface area contributed by atoms with Gasteiger partial charge in [0, 0.05) is 27.7 Å². The molecule has 0 aliphatic rings. The summed E-state index contributed by atoms with van der Waals surface area (Å²) in [5.74, 6) is 0. The van der Waals surface area contributed by atoms with Gasteiger partial charge in [-0.1, -0.05) is 152 Å². The molecule has 262 valence electrons. The molecule has 0 atom stereocenters.